The largest absolute Gasteiger partial charge is 0.542 e. The highest BCUT2D eigenvalue weighted by Gasteiger charge is 2.52. The molecule has 7 heteroatoms. The number of fused-ring (bicyclic) bond motifs is 1. The van der Waals surface area contributed by atoms with Crippen molar-refractivity contribution >= 4 is 39.3 Å². The Morgan fingerprint density at radius 1 is 0.824 bits per heavy atom. The first kappa shape index (κ1) is 40.5. The highest BCUT2D eigenvalue weighted by molar-refractivity contribution is 6.99. The topological polar surface area (TPSA) is 61.8 Å². The number of hydrogen-bond donors (Lipinski definition) is 0. The second-order valence-corrected chi connectivity index (χ2v) is 26.1. The Labute approximate surface area is 310 Å². The molecule has 0 bridgehead atoms. The van der Waals surface area contributed by atoms with Gasteiger partial charge in [-0.1, -0.05) is 154 Å². The van der Waals surface area contributed by atoms with E-state index >= 15 is 0 Å². The molecule has 51 heavy (non-hydrogen) atoms. The van der Waals surface area contributed by atoms with Crippen molar-refractivity contribution in [1.29, 1.82) is 0 Å². The summed E-state index contributed by atoms with van der Waals surface area (Å²) in [6.07, 6.45) is 7.21. The van der Waals surface area contributed by atoms with Gasteiger partial charge in [0.25, 0.3) is 16.6 Å². The van der Waals surface area contributed by atoms with Crippen LogP contribution >= 0.6 is 0 Å². The van der Waals surface area contributed by atoms with Crippen LogP contribution in [-0.2, 0) is 20.4 Å². The smallest absolute Gasteiger partial charge is 0.342 e. The first-order chi connectivity index (χ1) is 24.2. The average molecular weight is 727 g/mol. The van der Waals surface area contributed by atoms with Crippen LogP contribution < -0.4 is 14.8 Å². The van der Waals surface area contributed by atoms with E-state index in [1.54, 1.807) is 0 Å². The summed E-state index contributed by atoms with van der Waals surface area (Å²) in [4.78, 5) is 26.3. The van der Waals surface area contributed by atoms with E-state index in [-0.39, 0.29) is 23.0 Å². The molecule has 0 fully saturated rings. The summed E-state index contributed by atoms with van der Waals surface area (Å²) >= 11 is 0. The number of ether oxygens (including phenoxy) is 1. The van der Waals surface area contributed by atoms with Crippen molar-refractivity contribution in [2.24, 2.45) is 5.92 Å². The zero-order valence-corrected chi connectivity index (χ0v) is 34.8. The second-order valence-electron chi connectivity index (χ2n) is 16.4. The number of carbonyl (C=O) groups is 2. The summed E-state index contributed by atoms with van der Waals surface area (Å²) in [5, 5.41) is 2.21. The van der Waals surface area contributed by atoms with E-state index in [0.29, 0.717) is 53.6 Å². The van der Waals surface area contributed by atoms with Crippen molar-refractivity contribution in [1.82, 2.24) is 0 Å². The maximum atomic E-state index is 14.6. The molecule has 3 aromatic rings. The minimum atomic E-state index is -2.92. The third-order valence-corrected chi connectivity index (χ3v) is 22.1. The first-order valence-electron chi connectivity index (χ1n) is 19.1. The van der Waals surface area contributed by atoms with Gasteiger partial charge in [0.1, 0.15) is 23.7 Å². The van der Waals surface area contributed by atoms with Crippen LogP contribution in [0.25, 0.3) is 0 Å². The highest BCUT2D eigenvalue weighted by Crippen LogP contribution is 2.44. The SMILES string of the molecule is CC(C)[Si](Oc1cccc2c1C(=O)O[C@H](CCC=O)CC(O[Si](c1ccccc1)(c1ccccc1)C(C)(C)C)[C@H](C)C/C=C/C2)(C(C)C)C(C)C. The van der Waals surface area contributed by atoms with E-state index in [1.807, 2.05) is 18.2 Å². The molecule has 0 saturated heterocycles. The molecule has 1 aliphatic heterocycles. The zero-order chi connectivity index (χ0) is 37.4. The Morgan fingerprint density at radius 2 is 1.39 bits per heavy atom. The molecule has 1 aliphatic rings. The van der Waals surface area contributed by atoms with Crippen molar-refractivity contribution in [3.05, 3.63) is 102 Å². The highest BCUT2D eigenvalue weighted by atomic mass is 28.4. The molecule has 0 aliphatic carbocycles. The molecule has 276 valence electrons. The molecule has 1 unspecified atom stereocenters. The van der Waals surface area contributed by atoms with E-state index in [1.165, 1.54) is 10.4 Å². The van der Waals surface area contributed by atoms with Gasteiger partial charge in [-0.25, -0.2) is 4.79 Å². The van der Waals surface area contributed by atoms with E-state index in [2.05, 4.69) is 142 Å². The van der Waals surface area contributed by atoms with Crippen LogP contribution in [0.15, 0.2) is 91.0 Å². The summed E-state index contributed by atoms with van der Waals surface area (Å²) in [6.45, 7) is 22.6. The molecule has 0 amide bonds. The summed E-state index contributed by atoms with van der Waals surface area (Å²) in [5.41, 5.74) is 2.44. The van der Waals surface area contributed by atoms with Crippen LogP contribution in [0.4, 0.5) is 0 Å². The van der Waals surface area contributed by atoms with Crippen molar-refractivity contribution in [2.45, 2.75) is 135 Å². The third kappa shape index (κ3) is 8.86. The quantitative estimate of drug-likeness (QED) is 0.0805. The van der Waals surface area contributed by atoms with Crippen LogP contribution in [0.5, 0.6) is 5.75 Å². The van der Waals surface area contributed by atoms with Gasteiger partial charge in [0, 0.05) is 12.8 Å². The fourth-order valence-corrected chi connectivity index (χ4v) is 18.6. The summed E-state index contributed by atoms with van der Waals surface area (Å²) in [5.74, 6) is 0.360. The lowest BCUT2D eigenvalue weighted by molar-refractivity contribution is -0.108. The summed E-state index contributed by atoms with van der Waals surface area (Å²) in [7, 11) is -5.30. The van der Waals surface area contributed by atoms with Crippen molar-refractivity contribution in [3.8, 4) is 5.75 Å². The molecule has 0 aromatic heterocycles. The molecule has 3 aromatic carbocycles. The lowest BCUT2D eigenvalue weighted by Crippen LogP contribution is -2.68. The summed E-state index contributed by atoms with van der Waals surface area (Å²) in [6, 6.07) is 27.3. The number of allylic oxidation sites excluding steroid dienone is 2. The lowest BCUT2D eigenvalue weighted by atomic mass is 9.93. The fourth-order valence-electron chi connectivity index (χ4n) is 8.54. The molecule has 0 saturated carbocycles. The van der Waals surface area contributed by atoms with Crippen LogP contribution in [0.2, 0.25) is 21.7 Å². The van der Waals surface area contributed by atoms with Gasteiger partial charge in [-0.3, -0.25) is 0 Å². The van der Waals surface area contributed by atoms with E-state index in [9.17, 15) is 9.59 Å². The van der Waals surface area contributed by atoms with E-state index in [0.717, 1.165) is 18.3 Å². The van der Waals surface area contributed by atoms with Gasteiger partial charge in [0.05, 0.1) is 6.10 Å². The van der Waals surface area contributed by atoms with Crippen molar-refractivity contribution < 1.29 is 23.2 Å². The predicted molar refractivity (Wildman–Crippen MR) is 216 cm³/mol. The van der Waals surface area contributed by atoms with Gasteiger partial charge in [0.15, 0.2) is 0 Å². The molecule has 3 atom stereocenters. The number of carbonyl (C=O) groups excluding carboxylic acids is 2. The number of esters is 1. The molecule has 1 heterocycles. The van der Waals surface area contributed by atoms with E-state index < -0.39 is 22.7 Å². The first-order valence-corrected chi connectivity index (χ1v) is 23.1. The van der Waals surface area contributed by atoms with Crippen molar-refractivity contribution in [2.75, 3.05) is 0 Å². The molecular weight excluding hydrogens is 665 g/mol. The van der Waals surface area contributed by atoms with Crippen molar-refractivity contribution in [3.63, 3.8) is 0 Å². The number of cyclic esters (lactones) is 1. The van der Waals surface area contributed by atoms with Gasteiger partial charge in [0.2, 0.25) is 0 Å². The maximum Gasteiger partial charge on any atom is 0.342 e. The predicted octanol–water partition coefficient (Wildman–Crippen LogP) is 10.2. The molecule has 0 spiro atoms. The number of hydrogen-bond acceptors (Lipinski definition) is 5. The van der Waals surface area contributed by atoms with Crippen LogP contribution in [0.3, 0.4) is 0 Å². The fraction of sp³-hybridized carbons (Fsp3) is 0.500. The lowest BCUT2D eigenvalue weighted by Gasteiger charge is -2.46. The van der Waals surface area contributed by atoms with E-state index in [4.69, 9.17) is 13.6 Å². The monoisotopic (exact) mass is 726 g/mol. The number of benzene rings is 3. The van der Waals surface area contributed by atoms with Gasteiger partial charge < -0.3 is 18.4 Å². The Balaban J connectivity index is 1.83. The Morgan fingerprint density at radius 3 is 1.90 bits per heavy atom. The minimum Gasteiger partial charge on any atom is -0.542 e. The van der Waals surface area contributed by atoms with Crippen LogP contribution in [-0.4, -0.2) is 41.1 Å². The number of aldehydes is 1. The van der Waals surface area contributed by atoms with Crippen LogP contribution in [0, 0.1) is 5.92 Å². The molecular formula is C44H62O5Si2. The maximum absolute atomic E-state index is 14.6. The average Bonchev–Trinajstić information content (AvgIpc) is 3.08. The molecule has 5 nitrogen and oxygen atoms in total. The Hall–Kier alpha value is -3.27. The summed E-state index contributed by atoms with van der Waals surface area (Å²) < 4.78 is 21.4. The minimum absolute atomic E-state index is 0.128. The molecule has 4 rings (SSSR count). The number of rotatable bonds is 12. The van der Waals surface area contributed by atoms with Gasteiger partial charge in [-0.05, 0) is 68.8 Å². The zero-order valence-electron chi connectivity index (χ0n) is 32.8. The van der Waals surface area contributed by atoms with Gasteiger partial charge in [-0.2, -0.15) is 0 Å². The normalized spacial score (nSPS) is 19.9. The third-order valence-electron chi connectivity index (χ3n) is 11.1. The second kappa shape index (κ2) is 17.5. The standard InChI is InChI=1S/C44H62O5Si2/c1-32(2)50(33(3)4,34(5)6)48-40-29-19-23-36-22-18-17-21-35(7)41(31-37(24-20-30-45)47-43(46)42(36)40)49-51(44(8,9)10,38-25-13-11-14-26-38)39-27-15-12-16-28-39/h11-19,23,25-30,32-35,37,41H,20-22,24,31H2,1-10H3/b18-17+/t35-,37-,41?/m1/s1. The van der Waals surface area contributed by atoms with Gasteiger partial charge in [-0.15, -0.1) is 0 Å². The van der Waals surface area contributed by atoms with Gasteiger partial charge >= 0.3 is 5.97 Å². The molecule has 0 N–H and O–H groups in total. The van der Waals surface area contributed by atoms with Crippen LogP contribution in [0.1, 0.15) is 111 Å². The Bertz CT molecular complexity index is 1530. The molecule has 0 radical (unpaired) electrons. The Kier molecular flexibility index (Phi) is 13.9.